The van der Waals surface area contributed by atoms with E-state index in [9.17, 15) is 9.59 Å². The van der Waals surface area contributed by atoms with Crippen molar-refractivity contribution in [1.82, 2.24) is 4.98 Å². The summed E-state index contributed by atoms with van der Waals surface area (Å²) in [5.41, 5.74) is -0.603. The van der Waals surface area contributed by atoms with Gasteiger partial charge in [0.25, 0.3) is 0 Å². The van der Waals surface area contributed by atoms with E-state index in [0.29, 0.717) is 5.69 Å². The molecule has 2 aromatic rings. The first-order valence-electron chi connectivity index (χ1n) is 4.46. The molecule has 5 heteroatoms. The van der Waals surface area contributed by atoms with Crippen molar-refractivity contribution in [3.63, 3.8) is 0 Å². The second-order valence-electron chi connectivity index (χ2n) is 3.02. The lowest BCUT2D eigenvalue weighted by Crippen LogP contribution is -2.14. The van der Waals surface area contributed by atoms with Crippen LogP contribution >= 0.6 is 0 Å². The fourth-order valence-electron chi connectivity index (χ4n) is 1.35. The Morgan fingerprint density at radius 2 is 2.12 bits per heavy atom. The average Bonchev–Trinajstić information content (AvgIpc) is 2.29. The molecule has 0 radical (unpaired) electrons. The van der Waals surface area contributed by atoms with Crippen molar-refractivity contribution in [1.29, 1.82) is 0 Å². The maximum atomic E-state index is 11.3. The third-order valence-corrected chi connectivity index (χ3v) is 2.04. The quantitative estimate of drug-likeness (QED) is 0.822. The van der Waals surface area contributed by atoms with Crippen molar-refractivity contribution in [2.24, 2.45) is 0 Å². The molecule has 0 amide bonds. The summed E-state index contributed by atoms with van der Waals surface area (Å²) < 4.78 is 4.52. The van der Waals surface area contributed by atoms with Crippen LogP contribution in [0, 0.1) is 0 Å². The van der Waals surface area contributed by atoms with Gasteiger partial charge in [-0.25, -0.2) is 9.59 Å². The minimum Gasteiger partial charge on any atom is -0.477 e. The van der Waals surface area contributed by atoms with Gasteiger partial charge in [0.2, 0.25) is 0 Å². The van der Waals surface area contributed by atoms with Crippen LogP contribution in [0.15, 0.2) is 45.9 Å². The Labute approximate surface area is 90.0 Å². The summed E-state index contributed by atoms with van der Waals surface area (Å²) in [5.74, 6) is -1.32. The number of rotatable bonds is 2. The van der Waals surface area contributed by atoms with Gasteiger partial charge < -0.3 is 9.52 Å². The second-order valence-corrected chi connectivity index (χ2v) is 3.02. The number of aromatic carboxylic acids is 1. The number of carboxylic acids is 1. The summed E-state index contributed by atoms with van der Waals surface area (Å²) in [6.07, 6.45) is 2.67. The summed E-state index contributed by atoms with van der Waals surface area (Å²) in [6, 6.07) is 6.45. The topological polar surface area (TPSA) is 80.4 Å². The van der Waals surface area contributed by atoms with E-state index in [4.69, 9.17) is 5.11 Å². The molecule has 0 fully saturated rings. The van der Waals surface area contributed by atoms with Gasteiger partial charge in [-0.3, -0.25) is 4.98 Å². The van der Waals surface area contributed by atoms with Crippen LogP contribution in [-0.2, 0) is 0 Å². The monoisotopic (exact) mass is 217 g/mol. The van der Waals surface area contributed by atoms with E-state index in [1.165, 1.54) is 12.3 Å². The summed E-state index contributed by atoms with van der Waals surface area (Å²) >= 11 is 0. The molecule has 0 aromatic carbocycles. The van der Waals surface area contributed by atoms with Gasteiger partial charge in [0, 0.05) is 11.8 Å². The highest BCUT2D eigenvalue weighted by Crippen LogP contribution is 2.18. The molecule has 2 rings (SSSR count). The molecule has 16 heavy (non-hydrogen) atoms. The lowest BCUT2D eigenvalue weighted by molar-refractivity contribution is 0.0693. The zero-order valence-corrected chi connectivity index (χ0v) is 8.08. The largest absolute Gasteiger partial charge is 0.477 e. The Bertz CT molecular complexity index is 574. The Morgan fingerprint density at radius 3 is 2.75 bits per heavy atom. The van der Waals surface area contributed by atoms with Crippen LogP contribution in [0.3, 0.4) is 0 Å². The van der Waals surface area contributed by atoms with E-state index >= 15 is 0 Å². The van der Waals surface area contributed by atoms with Gasteiger partial charge in [-0.2, -0.15) is 0 Å². The fraction of sp³-hybridized carbons (Fsp3) is 0. The molecule has 80 valence electrons. The lowest BCUT2D eigenvalue weighted by Gasteiger charge is -2.02. The Kier molecular flexibility index (Phi) is 2.51. The van der Waals surface area contributed by atoms with Crippen molar-refractivity contribution in [3.05, 3.63) is 52.7 Å². The normalized spacial score (nSPS) is 10.0. The van der Waals surface area contributed by atoms with Crippen molar-refractivity contribution in [2.45, 2.75) is 0 Å². The second kappa shape index (κ2) is 3.98. The van der Waals surface area contributed by atoms with Crippen LogP contribution < -0.4 is 5.63 Å². The van der Waals surface area contributed by atoms with E-state index in [1.54, 1.807) is 18.2 Å². The van der Waals surface area contributed by atoms with E-state index in [1.807, 2.05) is 0 Å². The zero-order chi connectivity index (χ0) is 11.5. The number of hydrogen-bond acceptors (Lipinski definition) is 4. The van der Waals surface area contributed by atoms with Gasteiger partial charge in [-0.15, -0.1) is 0 Å². The molecule has 0 saturated carbocycles. The highest BCUT2D eigenvalue weighted by Gasteiger charge is 2.17. The third kappa shape index (κ3) is 1.70. The van der Waals surface area contributed by atoms with Gasteiger partial charge in [-0.05, 0) is 18.2 Å². The van der Waals surface area contributed by atoms with Crippen LogP contribution in [-0.4, -0.2) is 16.1 Å². The molecule has 0 aliphatic carbocycles. The third-order valence-electron chi connectivity index (χ3n) is 2.04. The Morgan fingerprint density at radius 1 is 1.31 bits per heavy atom. The van der Waals surface area contributed by atoms with Gasteiger partial charge in [0.05, 0.1) is 12.0 Å². The van der Waals surface area contributed by atoms with Crippen LogP contribution in [0.2, 0.25) is 0 Å². The minimum absolute atomic E-state index is 0.254. The minimum atomic E-state index is -1.32. The molecule has 1 N–H and O–H groups in total. The van der Waals surface area contributed by atoms with E-state index in [0.717, 1.165) is 6.26 Å². The first-order valence-corrected chi connectivity index (χ1v) is 4.46. The highest BCUT2D eigenvalue weighted by atomic mass is 16.4. The smallest absolute Gasteiger partial charge is 0.351 e. The summed E-state index contributed by atoms with van der Waals surface area (Å²) in [6.45, 7) is 0. The molecule has 0 saturated heterocycles. The Balaban J connectivity index is 2.71. The number of aromatic nitrogens is 1. The molecule has 0 aliphatic rings. The highest BCUT2D eigenvalue weighted by molar-refractivity contribution is 5.94. The van der Waals surface area contributed by atoms with Crippen molar-refractivity contribution >= 4 is 5.97 Å². The van der Waals surface area contributed by atoms with Gasteiger partial charge >= 0.3 is 11.6 Å². The predicted molar refractivity (Wildman–Crippen MR) is 55.2 cm³/mol. The van der Waals surface area contributed by atoms with Crippen molar-refractivity contribution < 1.29 is 14.3 Å². The van der Waals surface area contributed by atoms with E-state index in [2.05, 4.69) is 9.40 Å². The zero-order valence-electron chi connectivity index (χ0n) is 8.08. The van der Waals surface area contributed by atoms with E-state index < -0.39 is 17.2 Å². The van der Waals surface area contributed by atoms with Crippen LogP contribution in [0.1, 0.15) is 10.4 Å². The van der Waals surface area contributed by atoms with Crippen molar-refractivity contribution in [2.75, 3.05) is 0 Å². The molecule has 0 unspecified atom stereocenters. The van der Waals surface area contributed by atoms with Crippen LogP contribution in [0.5, 0.6) is 0 Å². The fourth-order valence-corrected chi connectivity index (χ4v) is 1.35. The van der Waals surface area contributed by atoms with Gasteiger partial charge in [0.15, 0.2) is 5.56 Å². The SMILES string of the molecule is O=C(O)c1c(-c2ccccn2)ccoc1=O. The number of carboxylic acid groups (broad SMARTS) is 1. The number of carbonyl (C=O) groups is 1. The number of nitrogens with zero attached hydrogens (tertiary/aromatic N) is 1. The summed E-state index contributed by atoms with van der Waals surface area (Å²) in [7, 11) is 0. The molecule has 2 aromatic heterocycles. The molecule has 0 atom stereocenters. The average molecular weight is 217 g/mol. The predicted octanol–water partition coefficient (Wildman–Crippen LogP) is 1.40. The standard InChI is InChI=1S/C11H7NO4/c13-10(14)9-7(4-6-16-11(9)15)8-3-1-2-5-12-8/h1-6H,(H,13,14). The number of pyridine rings is 1. The molecule has 5 nitrogen and oxygen atoms in total. The first kappa shape index (κ1) is 10.1. The lowest BCUT2D eigenvalue weighted by atomic mass is 10.1. The van der Waals surface area contributed by atoms with Crippen LogP contribution in [0.25, 0.3) is 11.3 Å². The van der Waals surface area contributed by atoms with Gasteiger partial charge in [-0.1, -0.05) is 6.07 Å². The molecule has 2 heterocycles. The maximum absolute atomic E-state index is 11.3. The Hall–Kier alpha value is -2.43. The molecular weight excluding hydrogens is 210 g/mol. The maximum Gasteiger partial charge on any atom is 0.351 e. The molecule has 0 bridgehead atoms. The number of hydrogen-bond donors (Lipinski definition) is 1. The summed E-state index contributed by atoms with van der Waals surface area (Å²) in [5, 5.41) is 8.92. The first-order chi connectivity index (χ1) is 7.70. The van der Waals surface area contributed by atoms with Gasteiger partial charge in [0.1, 0.15) is 0 Å². The van der Waals surface area contributed by atoms with E-state index in [-0.39, 0.29) is 5.56 Å². The molecule has 0 aliphatic heterocycles. The van der Waals surface area contributed by atoms with Crippen molar-refractivity contribution in [3.8, 4) is 11.3 Å². The summed E-state index contributed by atoms with van der Waals surface area (Å²) in [4.78, 5) is 26.2. The van der Waals surface area contributed by atoms with Crippen LogP contribution in [0.4, 0.5) is 0 Å². The molecule has 0 spiro atoms. The molecular formula is C11H7NO4.